The highest BCUT2D eigenvalue weighted by Gasteiger charge is 2.24. The SMILES string of the molecule is CCc1ncc(C(=O)N2CCN(C)Cc3ccccc32)[nH]1. The molecular weight excluding hydrogens is 264 g/mol. The zero-order valence-corrected chi connectivity index (χ0v) is 12.5. The van der Waals surface area contributed by atoms with Crippen LogP contribution in [0.3, 0.4) is 0 Å². The van der Waals surface area contributed by atoms with Crippen molar-refractivity contribution in [3.63, 3.8) is 0 Å². The summed E-state index contributed by atoms with van der Waals surface area (Å²) >= 11 is 0. The molecule has 1 aliphatic heterocycles. The molecule has 0 saturated heterocycles. The van der Waals surface area contributed by atoms with E-state index < -0.39 is 0 Å². The third-order valence-electron chi connectivity index (χ3n) is 3.87. The van der Waals surface area contributed by atoms with Crippen LogP contribution in [0, 0.1) is 0 Å². The van der Waals surface area contributed by atoms with Gasteiger partial charge in [-0.2, -0.15) is 0 Å². The number of nitrogens with one attached hydrogen (secondary N) is 1. The Morgan fingerprint density at radius 3 is 2.90 bits per heavy atom. The first-order valence-corrected chi connectivity index (χ1v) is 7.31. The van der Waals surface area contributed by atoms with Gasteiger partial charge in [0.1, 0.15) is 11.5 Å². The number of likely N-dealkylation sites (N-methyl/N-ethyl adjacent to an activating group) is 1. The molecule has 1 amide bonds. The number of carbonyl (C=O) groups is 1. The number of nitrogens with zero attached hydrogens (tertiary/aromatic N) is 3. The lowest BCUT2D eigenvalue weighted by Crippen LogP contribution is -2.35. The van der Waals surface area contributed by atoms with Crippen LogP contribution in [0.2, 0.25) is 0 Å². The molecule has 21 heavy (non-hydrogen) atoms. The van der Waals surface area contributed by atoms with Gasteiger partial charge in [0, 0.05) is 31.7 Å². The summed E-state index contributed by atoms with van der Waals surface area (Å²) in [6.45, 7) is 4.43. The average Bonchev–Trinajstić information content (AvgIpc) is 2.91. The van der Waals surface area contributed by atoms with Crippen LogP contribution in [0.15, 0.2) is 30.5 Å². The number of anilines is 1. The van der Waals surface area contributed by atoms with Crippen molar-refractivity contribution in [2.75, 3.05) is 25.0 Å². The van der Waals surface area contributed by atoms with Gasteiger partial charge < -0.3 is 14.8 Å². The number of aromatic amines is 1. The summed E-state index contributed by atoms with van der Waals surface area (Å²) in [6, 6.07) is 8.10. The predicted molar refractivity (Wildman–Crippen MR) is 82.4 cm³/mol. The molecule has 5 nitrogen and oxygen atoms in total. The molecule has 110 valence electrons. The van der Waals surface area contributed by atoms with Crippen molar-refractivity contribution >= 4 is 11.6 Å². The van der Waals surface area contributed by atoms with Gasteiger partial charge in [-0.05, 0) is 18.7 Å². The van der Waals surface area contributed by atoms with Gasteiger partial charge in [-0.25, -0.2) is 4.98 Å². The number of hydrogen-bond acceptors (Lipinski definition) is 3. The van der Waals surface area contributed by atoms with Gasteiger partial charge in [-0.15, -0.1) is 0 Å². The highest BCUT2D eigenvalue weighted by atomic mass is 16.2. The van der Waals surface area contributed by atoms with Gasteiger partial charge in [-0.1, -0.05) is 25.1 Å². The Bertz CT molecular complexity index is 649. The third kappa shape index (κ3) is 2.69. The molecule has 0 bridgehead atoms. The van der Waals surface area contributed by atoms with Gasteiger partial charge in [-0.3, -0.25) is 4.79 Å². The van der Waals surface area contributed by atoms with Crippen LogP contribution < -0.4 is 4.90 Å². The maximum Gasteiger partial charge on any atom is 0.276 e. The largest absolute Gasteiger partial charge is 0.338 e. The second-order valence-electron chi connectivity index (χ2n) is 5.42. The van der Waals surface area contributed by atoms with Gasteiger partial charge in [0.05, 0.1) is 6.20 Å². The molecule has 2 aromatic rings. The summed E-state index contributed by atoms with van der Waals surface area (Å²) in [6.07, 6.45) is 2.44. The molecule has 1 aromatic heterocycles. The van der Waals surface area contributed by atoms with E-state index in [1.165, 1.54) is 5.56 Å². The van der Waals surface area contributed by atoms with E-state index >= 15 is 0 Å². The summed E-state index contributed by atoms with van der Waals surface area (Å²) in [5.41, 5.74) is 2.74. The van der Waals surface area contributed by atoms with Crippen LogP contribution in [-0.2, 0) is 13.0 Å². The minimum atomic E-state index is -0.00931. The van der Waals surface area contributed by atoms with Crippen LogP contribution in [0.4, 0.5) is 5.69 Å². The smallest absolute Gasteiger partial charge is 0.276 e. The predicted octanol–water partition coefficient (Wildman–Crippen LogP) is 2.06. The number of aromatic nitrogens is 2. The number of benzene rings is 1. The Balaban J connectivity index is 1.95. The van der Waals surface area contributed by atoms with Crippen LogP contribution in [0.5, 0.6) is 0 Å². The van der Waals surface area contributed by atoms with Gasteiger partial charge >= 0.3 is 0 Å². The number of H-pyrrole nitrogens is 1. The number of aryl methyl sites for hydroxylation is 1. The fourth-order valence-electron chi connectivity index (χ4n) is 2.68. The number of hydrogen-bond donors (Lipinski definition) is 1. The fraction of sp³-hybridized carbons (Fsp3) is 0.375. The van der Waals surface area contributed by atoms with Crippen molar-refractivity contribution in [2.24, 2.45) is 0 Å². The van der Waals surface area contributed by atoms with E-state index in [2.05, 4.69) is 28.0 Å². The second kappa shape index (κ2) is 5.69. The summed E-state index contributed by atoms with van der Waals surface area (Å²) in [5.74, 6) is 0.837. The quantitative estimate of drug-likeness (QED) is 0.918. The number of para-hydroxylation sites is 1. The Morgan fingerprint density at radius 1 is 1.33 bits per heavy atom. The Morgan fingerprint density at radius 2 is 2.14 bits per heavy atom. The van der Waals surface area contributed by atoms with Crippen LogP contribution in [0.1, 0.15) is 28.8 Å². The van der Waals surface area contributed by atoms with E-state index in [1.807, 2.05) is 30.0 Å². The molecule has 0 unspecified atom stereocenters. The first-order valence-electron chi connectivity index (χ1n) is 7.31. The highest BCUT2D eigenvalue weighted by molar-refractivity contribution is 6.05. The van der Waals surface area contributed by atoms with E-state index in [0.29, 0.717) is 12.2 Å². The molecule has 2 heterocycles. The van der Waals surface area contributed by atoms with Gasteiger partial charge in [0.15, 0.2) is 0 Å². The van der Waals surface area contributed by atoms with Crippen molar-refractivity contribution in [3.05, 3.63) is 47.5 Å². The number of rotatable bonds is 2. The number of amides is 1. The number of carbonyl (C=O) groups excluding carboxylic acids is 1. The average molecular weight is 284 g/mol. The molecule has 1 aliphatic rings. The summed E-state index contributed by atoms with van der Waals surface area (Å²) in [7, 11) is 2.08. The van der Waals surface area contributed by atoms with Crippen LogP contribution >= 0.6 is 0 Å². The molecule has 0 radical (unpaired) electrons. The summed E-state index contributed by atoms with van der Waals surface area (Å²) in [4.78, 5) is 24.2. The third-order valence-corrected chi connectivity index (χ3v) is 3.87. The normalized spacial score (nSPS) is 15.6. The van der Waals surface area contributed by atoms with Gasteiger partial charge in [0.2, 0.25) is 0 Å². The molecule has 1 N–H and O–H groups in total. The zero-order valence-electron chi connectivity index (χ0n) is 12.5. The van der Waals surface area contributed by atoms with E-state index in [0.717, 1.165) is 31.0 Å². The maximum atomic E-state index is 12.8. The number of imidazole rings is 1. The maximum absolute atomic E-state index is 12.8. The monoisotopic (exact) mass is 284 g/mol. The van der Waals surface area contributed by atoms with Crippen molar-refractivity contribution < 1.29 is 4.79 Å². The van der Waals surface area contributed by atoms with Crippen molar-refractivity contribution in [1.29, 1.82) is 0 Å². The first kappa shape index (κ1) is 13.8. The van der Waals surface area contributed by atoms with Crippen molar-refractivity contribution in [1.82, 2.24) is 14.9 Å². The highest BCUT2D eigenvalue weighted by Crippen LogP contribution is 2.25. The van der Waals surface area contributed by atoms with E-state index in [1.54, 1.807) is 6.20 Å². The minimum absolute atomic E-state index is 0.00931. The van der Waals surface area contributed by atoms with Crippen LogP contribution in [-0.4, -0.2) is 40.9 Å². The molecule has 0 spiro atoms. The molecule has 0 aliphatic carbocycles. The lowest BCUT2D eigenvalue weighted by molar-refractivity contribution is 0.0981. The standard InChI is InChI=1S/C16H20N4O/c1-3-15-17-10-13(18-15)16(21)20-9-8-19(2)11-12-6-4-5-7-14(12)20/h4-7,10H,3,8-9,11H2,1-2H3,(H,17,18). The summed E-state index contributed by atoms with van der Waals surface area (Å²) < 4.78 is 0. The van der Waals surface area contributed by atoms with Crippen molar-refractivity contribution in [2.45, 2.75) is 19.9 Å². The molecule has 3 rings (SSSR count). The zero-order chi connectivity index (χ0) is 14.8. The Kier molecular flexibility index (Phi) is 3.75. The van der Waals surface area contributed by atoms with Gasteiger partial charge in [0.25, 0.3) is 5.91 Å². The molecular formula is C16H20N4O. The molecule has 1 aromatic carbocycles. The minimum Gasteiger partial charge on any atom is -0.338 e. The lowest BCUT2D eigenvalue weighted by atomic mass is 10.1. The van der Waals surface area contributed by atoms with E-state index in [-0.39, 0.29) is 5.91 Å². The van der Waals surface area contributed by atoms with E-state index in [4.69, 9.17) is 0 Å². The summed E-state index contributed by atoms with van der Waals surface area (Å²) in [5, 5.41) is 0. The molecule has 0 saturated carbocycles. The molecule has 0 fully saturated rings. The van der Waals surface area contributed by atoms with Crippen molar-refractivity contribution in [3.8, 4) is 0 Å². The molecule has 0 atom stereocenters. The van der Waals surface area contributed by atoms with E-state index in [9.17, 15) is 4.79 Å². The molecule has 5 heteroatoms. The Labute approximate surface area is 124 Å². The Hall–Kier alpha value is -2.14. The van der Waals surface area contributed by atoms with Crippen LogP contribution in [0.25, 0.3) is 0 Å². The topological polar surface area (TPSA) is 52.2 Å². The number of fused-ring (bicyclic) bond motifs is 1. The fourth-order valence-corrected chi connectivity index (χ4v) is 2.68. The lowest BCUT2D eigenvalue weighted by Gasteiger charge is -2.21. The first-order chi connectivity index (χ1) is 10.2. The second-order valence-corrected chi connectivity index (χ2v) is 5.42.